The minimum Gasteiger partial charge on any atom is -0.466 e. The van der Waals surface area contributed by atoms with E-state index in [1.54, 1.807) is 64.6 Å². The van der Waals surface area contributed by atoms with Gasteiger partial charge in [-0.2, -0.15) is 0 Å². The number of nitro benzene ring substituents is 3. The number of nitrogens with one attached hydrogen (secondary N) is 3. The number of rotatable bonds is 20. The third kappa shape index (κ3) is 25.9. The number of esters is 2. The lowest BCUT2D eigenvalue weighted by atomic mass is 10.1. The topological polar surface area (TPSA) is 356 Å². The molecular weight excluding hydrogens is 1040 g/mol. The Balaban J connectivity index is 0.000000512. The monoisotopic (exact) mass is 1100 g/mol. The van der Waals surface area contributed by atoms with Gasteiger partial charge in [0.25, 0.3) is 35.9 Å². The number of nitrogens with zero attached hydrogens (tertiary/aromatic N) is 7. The SMILES string of the molecule is CCC.CCOC(=O)CCN(C(=O)c1ccc(NC)c([N+](=O)[O-])c1)c1ccccn1.CCOC(=O)CCNc1ccccn1.CNc1ccc(OC=O)cc1[N+](=O)[O-].Nc1ccccn1.O=COc1ccc(Cl)c([N+](=O)[O-])c1. The summed E-state index contributed by atoms with van der Waals surface area (Å²) < 4.78 is 18.6. The van der Waals surface area contributed by atoms with E-state index in [9.17, 15) is 54.3 Å². The lowest BCUT2D eigenvalue weighted by molar-refractivity contribution is -0.384. The van der Waals surface area contributed by atoms with E-state index in [1.807, 2.05) is 30.3 Å². The van der Waals surface area contributed by atoms with Crippen LogP contribution in [0.1, 0.15) is 57.3 Å². The number of hydrogen-bond donors (Lipinski definition) is 4. The summed E-state index contributed by atoms with van der Waals surface area (Å²) in [5.74, 6) is 0.797. The van der Waals surface area contributed by atoms with Crippen LogP contribution < -0.4 is 36.1 Å². The highest BCUT2D eigenvalue weighted by molar-refractivity contribution is 6.32. The summed E-state index contributed by atoms with van der Waals surface area (Å²) >= 11 is 5.51. The van der Waals surface area contributed by atoms with Crippen molar-refractivity contribution in [2.24, 2.45) is 0 Å². The van der Waals surface area contributed by atoms with Gasteiger partial charge in [-0.3, -0.25) is 59.2 Å². The average molecular weight is 1100 g/mol. The summed E-state index contributed by atoms with van der Waals surface area (Å²) in [4.78, 5) is 99.2. The molecule has 6 aromatic rings. The Morgan fingerprint density at radius 3 is 1.58 bits per heavy atom. The number of pyridine rings is 3. The highest BCUT2D eigenvalue weighted by atomic mass is 35.5. The molecule has 0 radical (unpaired) electrons. The van der Waals surface area contributed by atoms with Crippen molar-refractivity contribution < 1.29 is 57.7 Å². The molecule has 26 nitrogen and oxygen atoms in total. The number of benzene rings is 3. The van der Waals surface area contributed by atoms with Crippen LogP contribution in [-0.4, -0.2) is 101 Å². The van der Waals surface area contributed by atoms with Crippen LogP contribution >= 0.6 is 11.6 Å². The van der Waals surface area contributed by atoms with E-state index in [0.717, 1.165) is 11.9 Å². The van der Waals surface area contributed by atoms with E-state index in [4.69, 9.17) is 26.8 Å². The number of ether oxygens (including phenoxy) is 4. The molecule has 0 saturated heterocycles. The second-order valence-corrected chi connectivity index (χ2v) is 15.0. The number of amides is 1. The molecule has 0 aliphatic heterocycles. The number of carbonyl (C=O) groups is 5. The van der Waals surface area contributed by atoms with Crippen molar-refractivity contribution in [2.45, 2.75) is 47.0 Å². The number of halogens is 1. The zero-order valence-corrected chi connectivity index (χ0v) is 44.2. The minimum atomic E-state index is -0.653. The standard InChI is InChI=1S/C18H20N4O5.C10H14N2O2.C8H8N2O4.C7H4ClNO4.C5H6N2.C3H8/c1-3-27-17(23)9-11-21(16-6-4-5-10-20-16)18(24)13-7-8-14(19-2)15(12-13)22(25)26;1-2-14-10(13)6-8-12-9-5-3-4-7-11-9;1-9-7-3-2-6(14-5-11)4-8(7)10(12)13;8-6-2-1-5(13-4-10)3-7(6)9(11)12;6-5-3-1-2-4-7-5;1-3-2/h4-8,10,12,19H,3,9,11H2,1-2H3;3-5,7H,2,6,8H2,1H3,(H,11,12);2-5,9H,1H3;1-4H;1-4H,(H2,6,7);3H2,1-2H3. The molecular formula is C51H60ClN11O15. The molecule has 0 atom stereocenters. The van der Waals surface area contributed by atoms with Gasteiger partial charge in [0.2, 0.25) is 0 Å². The number of hydrogen-bond acceptors (Lipinski definition) is 22. The molecule has 0 unspecified atom stereocenters. The van der Waals surface area contributed by atoms with Crippen molar-refractivity contribution in [1.29, 1.82) is 0 Å². The molecule has 27 heteroatoms. The fraction of sp³-hybridized carbons (Fsp3) is 0.255. The summed E-state index contributed by atoms with van der Waals surface area (Å²) in [7, 11) is 3.13. The van der Waals surface area contributed by atoms with Gasteiger partial charge in [0.05, 0.1) is 53.0 Å². The normalized spacial score (nSPS) is 9.42. The highest BCUT2D eigenvalue weighted by Gasteiger charge is 2.24. The first-order chi connectivity index (χ1) is 37.4. The van der Waals surface area contributed by atoms with Gasteiger partial charge in [-0.15, -0.1) is 0 Å². The van der Waals surface area contributed by atoms with E-state index in [1.165, 1.54) is 66.0 Å². The van der Waals surface area contributed by atoms with E-state index >= 15 is 0 Å². The Morgan fingerprint density at radius 2 is 1.13 bits per heavy atom. The molecule has 3 aromatic heterocycles. The van der Waals surface area contributed by atoms with Crippen LogP contribution in [0.2, 0.25) is 5.02 Å². The fourth-order valence-electron chi connectivity index (χ4n) is 5.59. The van der Waals surface area contributed by atoms with Crippen LogP contribution in [0.25, 0.3) is 0 Å². The Bertz CT molecular complexity index is 2800. The summed E-state index contributed by atoms with van der Waals surface area (Å²) in [6.07, 6.45) is 6.48. The molecule has 78 heavy (non-hydrogen) atoms. The molecule has 0 spiro atoms. The number of nitrogens with two attached hydrogens (primary N) is 1. The Labute approximate surface area is 453 Å². The number of carbonyl (C=O) groups excluding carboxylic acids is 5. The maximum absolute atomic E-state index is 13.0. The number of nitrogen functional groups attached to an aromatic ring is 1. The maximum atomic E-state index is 13.0. The van der Waals surface area contributed by atoms with Gasteiger partial charge in [0.15, 0.2) is 0 Å². The van der Waals surface area contributed by atoms with Crippen LogP contribution in [0.3, 0.4) is 0 Å². The Hall–Kier alpha value is -9.85. The quantitative estimate of drug-likeness (QED) is 0.0239. The van der Waals surface area contributed by atoms with Crippen molar-refractivity contribution in [3.63, 3.8) is 0 Å². The Morgan fingerprint density at radius 1 is 0.641 bits per heavy atom. The predicted octanol–water partition coefficient (Wildman–Crippen LogP) is 9.11. The molecule has 0 aliphatic carbocycles. The third-order valence-corrected chi connectivity index (χ3v) is 9.26. The third-order valence-electron chi connectivity index (χ3n) is 8.94. The molecule has 416 valence electrons. The summed E-state index contributed by atoms with van der Waals surface area (Å²) in [6.45, 7) is 9.42. The number of anilines is 5. The van der Waals surface area contributed by atoms with Crippen LogP contribution in [-0.2, 0) is 28.7 Å². The lowest BCUT2D eigenvalue weighted by Crippen LogP contribution is -2.34. The lowest BCUT2D eigenvalue weighted by Gasteiger charge is -2.21. The van der Waals surface area contributed by atoms with Gasteiger partial charge in [-0.1, -0.05) is 50.1 Å². The summed E-state index contributed by atoms with van der Waals surface area (Å²) in [5.41, 5.74) is 5.40. The summed E-state index contributed by atoms with van der Waals surface area (Å²) in [6, 6.07) is 28.1. The van der Waals surface area contributed by atoms with Crippen LogP contribution in [0.4, 0.5) is 45.9 Å². The van der Waals surface area contributed by atoms with Gasteiger partial charge in [0, 0.05) is 57.4 Å². The van der Waals surface area contributed by atoms with Gasteiger partial charge in [-0.25, -0.2) is 15.0 Å². The number of aromatic nitrogens is 3. The van der Waals surface area contributed by atoms with Crippen molar-refractivity contribution in [2.75, 3.05) is 67.0 Å². The zero-order chi connectivity index (χ0) is 58.3. The van der Waals surface area contributed by atoms with Crippen LogP contribution in [0.15, 0.2) is 128 Å². The van der Waals surface area contributed by atoms with Crippen molar-refractivity contribution >= 4 is 88.3 Å². The first kappa shape index (κ1) is 66.2. The molecule has 3 heterocycles. The molecule has 0 saturated carbocycles. The van der Waals surface area contributed by atoms with Gasteiger partial charge >= 0.3 is 11.9 Å². The molecule has 0 bridgehead atoms. The average Bonchev–Trinajstić information content (AvgIpc) is 3.45. The van der Waals surface area contributed by atoms with E-state index in [-0.39, 0.29) is 77.6 Å². The van der Waals surface area contributed by atoms with Gasteiger partial charge < -0.3 is 40.6 Å². The summed E-state index contributed by atoms with van der Waals surface area (Å²) in [5, 5.41) is 40.6. The van der Waals surface area contributed by atoms with Crippen molar-refractivity contribution in [3.8, 4) is 11.5 Å². The maximum Gasteiger partial charge on any atom is 0.307 e. The van der Waals surface area contributed by atoms with Crippen molar-refractivity contribution in [3.05, 3.63) is 169 Å². The molecule has 5 N–H and O–H groups in total. The second kappa shape index (κ2) is 38.7. The minimum absolute atomic E-state index is 0.00301. The molecule has 3 aromatic carbocycles. The zero-order valence-electron chi connectivity index (χ0n) is 43.4. The number of nitro groups is 3. The van der Waals surface area contributed by atoms with Gasteiger partial charge in [-0.05, 0) is 86.6 Å². The fourth-order valence-corrected chi connectivity index (χ4v) is 5.77. The Kier molecular flexibility index (Phi) is 32.8. The largest absolute Gasteiger partial charge is 0.466 e. The first-order valence-electron chi connectivity index (χ1n) is 23.4. The van der Waals surface area contributed by atoms with Crippen molar-refractivity contribution in [1.82, 2.24) is 15.0 Å². The predicted molar refractivity (Wildman–Crippen MR) is 293 cm³/mol. The smallest absolute Gasteiger partial charge is 0.307 e. The van der Waals surface area contributed by atoms with E-state index in [0.29, 0.717) is 42.6 Å². The van der Waals surface area contributed by atoms with E-state index in [2.05, 4.69) is 54.2 Å². The highest BCUT2D eigenvalue weighted by Crippen LogP contribution is 2.30. The molecule has 0 aliphatic rings. The molecule has 6 rings (SSSR count). The molecule has 0 fully saturated rings. The van der Waals surface area contributed by atoms with Crippen LogP contribution in [0.5, 0.6) is 11.5 Å². The first-order valence-corrected chi connectivity index (χ1v) is 23.7. The van der Waals surface area contributed by atoms with E-state index < -0.39 is 26.6 Å². The molecule has 1 amide bonds. The van der Waals surface area contributed by atoms with Crippen LogP contribution in [0, 0.1) is 30.3 Å². The second-order valence-electron chi connectivity index (χ2n) is 14.6. The van der Waals surface area contributed by atoms with Gasteiger partial charge in [0.1, 0.15) is 45.4 Å².